The Bertz CT molecular complexity index is 159. The van der Waals surface area contributed by atoms with E-state index in [1.54, 1.807) is 0 Å². The van der Waals surface area contributed by atoms with Crippen molar-refractivity contribution in [2.45, 2.75) is 6.92 Å². The van der Waals surface area contributed by atoms with Crippen molar-refractivity contribution in [3.63, 3.8) is 0 Å². The second-order valence-electron chi connectivity index (χ2n) is 2.23. The quantitative estimate of drug-likeness (QED) is 0.541. The Balaban J connectivity index is 2.24. The zero-order valence-electron chi connectivity index (χ0n) is 5.89. The van der Waals surface area contributed by atoms with Gasteiger partial charge in [0.15, 0.2) is 5.78 Å². The third kappa shape index (κ3) is 1.26. The fourth-order valence-corrected chi connectivity index (χ4v) is 0.786. The van der Waals surface area contributed by atoms with Gasteiger partial charge in [-0.3, -0.25) is 4.79 Å². The minimum Gasteiger partial charge on any atom is -0.338 e. The van der Waals surface area contributed by atoms with Gasteiger partial charge in [-0.1, -0.05) is 0 Å². The third-order valence-corrected chi connectivity index (χ3v) is 1.35. The van der Waals surface area contributed by atoms with Crippen LogP contribution in [0.1, 0.15) is 6.92 Å². The molecule has 1 heterocycles. The second kappa shape index (κ2) is 2.68. The van der Waals surface area contributed by atoms with Gasteiger partial charge in [0.2, 0.25) is 0 Å². The van der Waals surface area contributed by atoms with Crippen LogP contribution in [0.25, 0.3) is 0 Å². The van der Waals surface area contributed by atoms with Crippen LogP contribution in [0.3, 0.4) is 0 Å². The van der Waals surface area contributed by atoms with Crippen LogP contribution in [0.5, 0.6) is 0 Å². The molecule has 2 amide bonds. The summed E-state index contributed by atoms with van der Waals surface area (Å²) in [4.78, 5) is 22.7. The molecule has 1 N–H and O–H groups in total. The van der Waals surface area contributed by atoms with E-state index in [9.17, 15) is 9.59 Å². The summed E-state index contributed by atoms with van der Waals surface area (Å²) < 4.78 is 0. The number of likely N-dealkylation sites (tertiary alicyclic amines) is 1. The molecule has 1 saturated heterocycles. The van der Waals surface area contributed by atoms with Crippen molar-refractivity contribution in [3.8, 4) is 0 Å². The molecule has 0 aromatic rings. The molecule has 10 heavy (non-hydrogen) atoms. The maximum Gasteiger partial charge on any atom is 0.318 e. The van der Waals surface area contributed by atoms with Crippen molar-refractivity contribution in [2.24, 2.45) is 0 Å². The first-order valence-electron chi connectivity index (χ1n) is 3.28. The molecule has 0 atom stereocenters. The smallest absolute Gasteiger partial charge is 0.318 e. The van der Waals surface area contributed by atoms with E-state index >= 15 is 0 Å². The lowest BCUT2D eigenvalue weighted by Crippen LogP contribution is -2.54. The van der Waals surface area contributed by atoms with Gasteiger partial charge in [-0.05, 0) is 6.92 Å². The normalized spacial score (nSPS) is 16.5. The topological polar surface area (TPSA) is 49.4 Å². The molecule has 0 saturated carbocycles. The molecule has 0 bridgehead atoms. The van der Waals surface area contributed by atoms with Gasteiger partial charge in [0.25, 0.3) is 0 Å². The van der Waals surface area contributed by atoms with E-state index in [2.05, 4.69) is 5.32 Å². The molecule has 0 radical (unpaired) electrons. The number of hydrogen-bond donors (Lipinski definition) is 1. The van der Waals surface area contributed by atoms with Crippen molar-refractivity contribution in [3.05, 3.63) is 0 Å². The Morgan fingerprint density at radius 2 is 2.30 bits per heavy atom. The zero-order chi connectivity index (χ0) is 7.56. The van der Waals surface area contributed by atoms with E-state index in [1.165, 1.54) is 4.90 Å². The summed E-state index contributed by atoms with van der Waals surface area (Å²) in [5.74, 6) is 0.131. The number of hydrogen-bond acceptors (Lipinski definition) is 2. The Kier molecular flexibility index (Phi) is 1.89. The molecule has 0 aromatic carbocycles. The Labute approximate surface area is 59.2 Å². The maximum atomic E-state index is 10.8. The Hall–Kier alpha value is -1.06. The zero-order valence-corrected chi connectivity index (χ0v) is 5.89. The van der Waals surface area contributed by atoms with E-state index < -0.39 is 0 Å². The van der Waals surface area contributed by atoms with Gasteiger partial charge in [-0.15, -0.1) is 0 Å². The minimum absolute atomic E-state index is 0.131. The highest BCUT2D eigenvalue weighted by molar-refractivity contribution is 5.95. The molecule has 1 fully saturated rings. The SMILES string of the molecule is CCNC(=O)N1CC(=O)C1. The molecule has 0 unspecified atom stereocenters. The fraction of sp³-hybridized carbons (Fsp3) is 0.667. The van der Waals surface area contributed by atoms with E-state index in [1.807, 2.05) is 6.92 Å². The van der Waals surface area contributed by atoms with E-state index in [0.717, 1.165) is 0 Å². The summed E-state index contributed by atoms with van der Waals surface area (Å²) in [6.45, 7) is 3.03. The first-order chi connectivity index (χ1) is 4.74. The number of rotatable bonds is 1. The van der Waals surface area contributed by atoms with Crippen molar-refractivity contribution in [1.82, 2.24) is 10.2 Å². The van der Waals surface area contributed by atoms with Crippen LogP contribution in [-0.2, 0) is 4.79 Å². The van der Waals surface area contributed by atoms with Crippen LogP contribution < -0.4 is 5.32 Å². The number of urea groups is 1. The van der Waals surface area contributed by atoms with Gasteiger partial charge < -0.3 is 10.2 Å². The van der Waals surface area contributed by atoms with E-state index in [4.69, 9.17) is 0 Å². The van der Waals surface area contributed by atoms with Gasteiger partial charge in [0.1, 0.15) is 0 Å². The summed E-state index contributed by atoms with van der Waals surface area (Å²) in [6.07, 6.45) is 0. The fourth-order valence-electron chi connectivity index (χ4n) is 0.786. The van der Waals surface area contributed by atoms with Crippen LogP contribution in [0.15, 0.2) is 0 Å². The first kappa shape index (κ1) is 7.05. The first-order valence-corrected chi connectivity index (χ1v) is 3.28. The van der Waals surface area contributed by atoms with Gasteiger partial charge in [-0.2, -0.15) is 0 Å². The predicted octanol–water partition coefficient (Wildman–Crippen LogP) is -0.399. The summed E-state index contributed by atoms with van der Waals surface area (Å²) in [5, 5.41) is 2.60. The largest absolute Gasteiger partial charge is 0.338 e. The molecular formula is C6H10N2O2. The van der Waals surface area contributed by atoms with Crippen molar-refractivity contribution >= 4 is 11.8 Å². The number of nitrogens with zero attached hydrogens (tertiary/aromatic N) is 1. The monoisotopic (exact) mass is 142 g/mol. The van der Waals surface area contributed by atoms with Gasteiger partial charge in [0, 0.05) is 6.54 Å². The molecule has 1 aliphatic rings. The lowest BCUT2D eigenvalue weighted by molar-refractivity contribution is -0.126. The van der Waals surface area contributed by atoms with Crippen LogP contribution in [0, 0.1) is 0 Å². The molecule has 1 rings (SSSR count). The molecule has 4 nitrogen and oxygen atoms in total. The van der Waals surface area contributed by atoms with Crippen LogP contribution in [0.2, 0.25) is 0 Å². The summed E-state index contributed by atoms with van der Waals surface area (Å²) >= 11 is 0. The average molecular weight is 142 g/mol. The van der Waals surface area contributed by atoms with Gasteiger partial charge in [0.05, 0.1) is 13.1 Å². The molecule has 0 aromatic heterocycles. The Morgan fingerprint density at radius 1 is 1.70 bits per heavy atom. The van der Waals surface area contributed by atoms with Crippen molar-refractivity contribution in [1.29, 1.82) is 0 Å². The number of nitrogens with one attached hydrogen (secondary N) is 1. The van der Waals surface area contributed by atoms with E-state index in [-0.39, 0.29) is 24.9 Å². The highest BCUT2D eigenvalue weighted by Gasteiger charge is 2.27. The molecule has 56 valence electrons. The van der Waals surface area contributed by atoms with Gasteiger partial charge in [-0.25, -0.2) is 4.79 Å². The summed E-state index contributed by atoms with van der Waals surface area (Å²) in [6, 6.07) is -0.137. The average Bonchev–Trinajstić information content (AvgIpc) is 1.82. The lowest BCUT2D eigenvalue weighted by Gasteiger charge is -2.28. The summed E-state index contributed by atoms with van der Waals surface area (Å²) in [7, 11) is 0. The highest BCUT2D eigenvalue weighted by atomic mass is 16.2. The standard InChI is InChI=1S/C6H10N2O2/c1-2-7-6(10)8-3-5(9)4-8/h2-4H2,1H3,(H,7,10). The molecule has 0 aliphatic carbocycles. The number of carbonyl (C=O) groups excluding carboxylic acids is 2. The number of ketones is 1. The Morgan fingerprint density at radius 3 is 2.70 bits per heavy atom. The highest BCUT2D eigenvalue weighted by Crippen LogP contribution is 2.00. The van der Waals surface area contributed by atoms with Crippen LogP contribution in [-0.4, -0.2) is 36.3 Å². The van der Waals surface area contributed by atoms with Crippen molar-refractivity contribution in [2.75, 3.05) is 19.6 Å². The molecule has 4 heteroatoms. The van der Waals surface area contributed by atoms with Crippen LogP contribution >= 0.6 is 0 Å². The van der Waals surface area contributed by atoms with E-state index in [0.29, 0.717) is 6.54 Å². The molecular weight excluding hydrogens is 132 g/mol. The molecule has 1 aliphatic heterocycles. The molecule has 0 spiro atoms. The minimum atomic E-state index is -0.137. The number of amides is 2. The number of Topliss-reactive ketones (excluding diaryl/α,β-unsaturated/α-hetero) is 1. The van der Waals surface area contributed by atoms with Gasteiger partial charge >= 0.3 is 6.03 Å². The lowest BCUT2D eigenvalue weighted by atomic mass is 10.2. The second-order valence-corrected chi connectivity index (χ2v) is 2.23. The number of carbonyl (C=O) groups is 2. The maximum absolute atomic E-state index is 10.8. The third-order valence-electron chi connectivity index (χ3n) is 1.35. The summed E-state index contributed by atoms with van der Waals surface area (Å²) in [5.41, 5.74) is 0. The van der Waals surface area contributed by atoms with Crippen LogP contribution in [0.4, 0.5) is 4.79 Å². The predicted molar refractivity (Wildman–Crippen MR) is 35.7 cm³/mol. The van der Waals surface area contributed by atoms with Crippen molar-refractivity contribution < 1.29 is 9.59 Å².